The Kier molecular flexibility index (Phi) is 3.42. The van der Waals surface area contributed by atoms with E-state index in [1.165, 1.54) is 6.92 Å². The standard InChI is InChI=1S/C5H9NO4/c1-4(5(8)9)2-6(10)3-7/h3-4,10H,2H2,1H3,(H,8,9)/t4-/m1/s1. The first-order valence-electron chi connectivity index (χ1n) is 2.71. The highest BCUT2D eigenvalue weighted by atomic mass is 16.5. The summed E-state index contributed by atoms with van der Waals surface area (Å²) in [4.78, 5) is 19.8. The molecule has 2 N–H and O–H groups in total. The van der Waals surface area contributed by atoms with E-state index in [0.717, 1.165) is 0 Å². The maximum atomic E-state index is 10.1. The van der Waals surface area contributed by atoms with E-state index in [1.807, 2.05) is 0 Å². The third kappa shape index (κ3) is 3.03. The van der Waals surface area contributed by atoms with Crippen LogP contribution in [0.25, 0.3) is 0 Å². The number of rotatable bonds is 4. The van der Waals surface area contributed by atoms with Crippen LogP contribution in [0.15, 0.2) is 0 Å². The van der Waals surface area contributed by atoms with Gasteiger partial charge in [-0.1, -0.05) is 6.92 Å². The lowest BCUT2D eigenvalue weighted by Gasteiger charge is -2.10. The summed E-state index contributed by atoms with van der Waals surface area (Å²) < 4.78 is 0. The molecule has 0 fully saturated rings. The molecule has 58 valence electrons. The van der Waals surface area contributed by atoms with Gasteiger partial charge in [-0.3, -0.25) is 14.8 Å². The largest absolute Gasteiger partial charge is 0.481 e. The number of carbonyl (C=O) groups is 2. The number of carbonyl (C=O) groups excluding carboxylic acids is 1. The van der Waals surface area contributed by atoms with Crippen molar-refractivity contribution in [2.24, 2.45) is 5.92 Å². The molecule has 1 atom stereocenters. The fourth-order valence-corrected chi connectivity index (χ4v) is 0.402. The van der Waals surface area contributed by atoms with E-state index < -0.39 is 11.9 Å². The molecule has 10 heavy (non-hydrogen) atoms. The minimum Gasteiger partial charge on any atom is -0.481 e. The van der Waals surface area contributed by atoms with Crippen molar-refractivity contribution in [3.8, 4) is 0 Å². The van der Waals surface area contributed by atoms with Gasteiger partial charge >= 0.3 is 5.97 Å². The Hall–Kier alpha value is -1.10. The van der Waals surface area contributed by atoms with Gasteiger partial charge in [0, 0.05) is 0 Å². The van der Waals surface area contributed by atoms with Gasteiger partial charge in [0.1, 0.15) is 0 Å². The van der Waals surface area contributed by atoms with Crippen molar-refractivity contribution in [2.45, 2.75) is 6.92 Å². The van der Waals surface area contributed by atoms with E-state index in [2.05, 4.69) is 0 Å². The molecule has 0 aromatic rings. The third-order valence-electron chi connectivity index (χ3n) is 1.00. The summed E-state index contributed by atoms with van der Waals surface area (Å²) in [6.07, 6.45) is 0.166. The molecule has 0 heterocycles. The number of hydrogen-bond acceptors (Lipinski definition) is 3. The molecular weight excluding hydrogens is 138 g/mol. The smallest absolute Gasteiger partial charge is 0.308 e. The normalized spacial score (nSPS) is 12.2. The molecule has 0 aliphatic carbocycles. The first-order valence-corrected chi connectivity index (χ1v) is 2.71. The zero-order valence-corrected chi connectivity index (χ0v) is 5.52. The molecule has 1 amide bonds. The van der Waals surface area contributed by atoms with Crippen molar-refractivity contribution in [3.63, 3.8) is 0 Å². The minimum atomic E-state index is -1.04. The topological polar surface area (TPSA) is 77.8 Å². The first-order chi connectivity index (χ1) is 4.57. The van der Waals surface area contributed by atoms with Gasteiger partial charge < -0.3 is 5.11 Å². The van der Waals surface area contributed by atoms with Gasteiger partial charge in [-0.2, -0.15) is 0 Å². The second kappa shape index (κ2) is 3.84. The third-order valence-corrected chi connectivity index (χ3v) is 1.00. The Labute approximate surface area is 57.8 Å². The van der Waals surface area contributed by atoms with Gasteiger partial charge in [0.25, 0.3) is 0 Å². The van der Waals surface area contributed by atoms with Crippen molar-refractivity contribution in [2.75, 3.05) is 6.54 Å². The van der Waals surface area contributed by atoms with Crippen LogP contribution in [0.1, 0.15) is 6.92 Å². The Bertz CT molecular complexity index is 136. The Morgan fingerprint density at radius 3 is 2.60 bits per heavy atom. The van der Waals surface area contributed by atoms with Gasteiger partial charge in [-0.25, -0.2) is 5.06 Å². The number of amides is 1. The second-order valence-electron chi connectivity index (χ2n) is 1.97. The van der Waals surface area contributed by atoms with Gasteiger partial charge in [-0.05, 0) is 0 Å². The van der Waals surface area contributed by atoms with Crippen LogP contribution in [0.3, 0.4) is 0 Å². The Morgan fingerprint density at radius 2 is 2.30 bits per heavy atom. The molecule has 0 bridgehead atoms. The molecule has 5 nitrogen and oxygen atoms in total. The molecule has 0 aliphatic rings. The molecule has 0 saturated carbocycles. The van der Waals surface area contributed by atoms with Gasteiger partial charge in [0.2, 0.25) is 6.41 Å². The highest BCUT2D eigenvalue weighted by molar-refractivity contribution is 5.70. The summed E-state index contributed by atoms with van der Waals surface area (Å²) in [5.41, 5.74) is 0. The minimum absolute atomic E-state index is 0.166. The first kappa shape index (κ1) is 8.90. The van der Waals surface area contributed by atoms with Crippen molar-refractivity contribution < 1.29 is 19.9 Å². The summed E-state index contributed by atoms with van der Waals surface area (Å²) in [5.74, 6) is -1.78. The predicted octanol–water partition coefficient (Wildman–Crippen LogP) is -0.445. The number of aliphatic carboxylic acids is 1. The lowest BCUT2D eigenvalue weighted by molar-refractivity contribution is -0.158. The zero-order valence-electron chi connectivity index (χ0n) is 5.52. The van der Waals surface area contributed by atoms with Crippen LogP contribution in [0.4, 0.5) is 0 Å². The van der Waals surface area contributed by atoms with Crippen LogP contribution in [-0.2, 0) is 9.59 Å². The van der Waals surface area contributed by atoms with Crippen LogP contribution >= 0.6 is 0 Å². The van der Waals surface area contributed by atoms with Crippen LogP contribution < -0.4 is 0 Å². The van der Waals surface area contributed by atoms with Crippen LogP contribution in [0, 0.1) is 5.92 Å². The number of carboxylic acid groups (broad SMARTS) is 1. The van der Waals surface area contributed by atoms with E-state index in [9.17, 15) is 9.59 Å². The van der Waals surface area contributed by atoms with Crippen molar-refractivity contribution in [1.29, 1.82) is 0 Å². The molecule has 0 saturated heterocycles. The SMILES string of the molecule is C[C@H](CN(O)C=O)C(=O)O. The molecule has 0 unspecified atom stereocenters. The predicted molar refractivity (Wildman–Crippen MR) is 31.4 cm³/mol. The van der Waals surface area contributed by atoms with E-state index >= 15 is 0 Å². The number of hydroxylamine groups is 2. The van der Waals surface area contributed by atoms with E-state index in [4.69, 9.17) is 10.3 Å². The average molecular weight is 147 g/mol. The van der Waals surface area contributed by atoms with Gasteiger partial charge in [0.15, 0.2) is 0 Å². The van der Waals surface area contributed by atoms with Crippen LogP contribution in [0.2, 0.25) is 0 Å². The summed E-state index contributed by atoms with van der Waals surface area (Å²) in [7, 11) is 0. The van der Waals surface area contributed by atoms with E-state index in [1.54, 1.807) is 0 Å². The lowest BCUT2D eigenvalue weighted by Crippen LogP contribution is -2.27. The average Bonchev–Trinajstić information content (AvgIpc) is 1.87. The molecule has 0 spiro atoms. The number of carboxylic acids is 1. The highest BCUT2D eigenvalue weighted by Gasteiger charge is 2.12. The number of nitrogens with zero attached hydrogens (tertiary/aromatic N) is 1. The fraction of sp³-hybridized carbons (Fsp3) is 0.600. The summed E-state index contributed by atoms with van der Waals surface area (Å²) in [6.45, 7) is 1.22. The van der Waals surface area contributed by atoms with E-state index in [0.29, 0.717) is 5.06 Å². The Balaban J connectivity index is 3.67. The summed E-state index contributed by atoms with van der Waals surface area (Å²) in [5, 5.41) is 17.1. The second-order valence-corrected chi connectivity index (χ2v) is 1.97. The molecule has 0 rings (SSSR count). The monoisotopic (exact) mass is 147 g/mol. The van der Waals surface area contributed by atoms with Crippen molar-refractivity contribution in [1.82, 2.24) is 5.06 Å². The molecule has 0 aliphatic heterocycles. The maximum absolute atomic E-state index is 10.1. The summed E-state index contributed by atoms with van der Waals surface area (Å²) in [6, 6.07) is 0. The molecule has 0 aromatic heterocycles. The van der Waals surface area contributed by atoms with E-state index in [-0.39, 0.29) is 13.0 Å². The quantitative estimate of drug-likeness (QED) is 0.321. The lowest BCUT2D eigenvalue weighted by atomic mass is 10.2. The zero-order chi connectivity index (χ0) is 8.15. The summed E-state index contributed by atoms with van der Waals surface area (Å²) >= 11 is 0. The molecule has 0 aromatic carbocycles. The van der Waals surface area contributed by atoms with Crippen LogP contribution in [-0.4, -0.2) is 34.3 Å². The van der Waals surface area contributed by atoms with Crippen molar-refractivity contribution >= 4 is 12.4 Å². The van der Waals surface area contributed by atoms with Gasteiger partial charge in [0.05, 0.1) is 12.5 Å². The molecule has 0 radical (unpaired) electrons. The number of hydrogen-bond donors (Lipinski definition) is 2. The van der Waals surface area contributed by atoms with Gasteiger partial charge in [-0.15, -0.1) is 0 Å². The van der Waals surface area contributed by atoms with Crippen LogP contribution in [0.5, 0.6) is 0 Å². The molecular formula is C5H9NO4. The molecule has 5 heteroatoms. The van der Waals surface area contributed by atoms with Crippen molar-refractivity contribution in [3.05, 3.63) is 0 Å². The fourth-order valence-electron chi connectivity index (χ4n) is 0.402. The maximum Gasteiger partial charge on any atom is 0.308 e. The highest BCUT2D eigenvalue weighted by Crippen LogP contribution is 1.94. The Morgan fingerprint density at radius 1 is 1.80 bits per heavy atom.